The van der Waals surface area contributed by atoms with Gasteiger partial charge in [-0.1, -0.05) is 11.6 Å². The summed E-state index contributed by atoms with van der Waals surface area (Å²) >= 11 is 5.99. The smallest absolute Gasteiger partial charge is 0.255 e. The summed E-state index contributed by atoms with van der Waals surface area (Å²) in [5.74, 6) is 0.204. The fraction of sp³-hybridized carbons (Fsp3) is 0.188. The SMILES string of the molecule is COc1cc([C@@H]2NC(=O)c3ccc(Cl)cc3N2)cc(OC)c1O. The van der Waals surface area contributed by atoms with Crippen molar-refractivity contribution in [3.8, 4) is 17.2 Å². The monoisotopic (exact) mass is 334 g/mol. The average Bonchev–Trinajstić information content (AvgIpc) is 2.54. The molecule has 3 rings (SSSR count). The molecule has 1 atom stereocenters. The molecule has 2 aromatic carbocycles. The van der Waals surface area contributed by atoms with Crippen LogP contribution in [0.15, 0.2) is 30.3 Å². The molecule has 1 amide bonds. The molecule has 0 aliphatic carbocycles. The van der Waals surface area contributed by atoms with Gasteiger partial charge in [0.2, 0.25) is 5.75 Å². The minimum atomic E-state index is -0.503. The standard InChI is InChI=1S/C16H15ClN2O4/c1-22-12-5-8(6-13(23-2)14(12)20)15-18-11-7-9(17)3-4-10(11)16(21)19-15/h3-7,15,18,20H,1-2H3,(H,19,21)/t15-/m0/s1. The fourth-order valence-corrected chi connectivity index (χ4v) is 2.65. The average molecular weight is 335 g/mol. The third-order valence-electron chi connectivity index (χ3n) is 3.64. The van der Waals surface area contributed by atoms with Crippen molar-refractivity contribution in [2.45, 2.75) is 6.17 Å². The number of carbonyl (C=O) groups is 1. The van der Waals surface area contributed by atoms with Crippen LogP contribution >= 0.6 is 11.6 Å². The number of benzene rings is 2. The number of aromatic hydroxyl groups is 1. The highest BCUT2D eigenvalue weighted by molar-refractivity contribution is 6.31. The Balaban J connectivity index is 2.02. The molecular weight excluding hydrogens is 320 g/mol. The van der Waals surface area contributed by atoms with Crippen LogP contribution in [0.3, 0.4) is 0 Å². The molecule has 1 aliphatic rings. The number of amides is 1. The summed E-state index contributed by atoms with van der Waals surface area (Å²) < 4.78 is 10.3. The Bertz CT molecular complexity index is 754. The minimum Gasteiger partial charge on any atom is -0.502 e. The highest BCUT2D eigenvalue weighted by atomic mass is 35.5. The van der Waals surface area contributed by atoms with Crippen LogP contribution in [-0.2, 0) is 0 Å². The largest absolute Gasteiger partial charge is 0.502 e. The first-order valence-electron chi connectivity index (χ1n) is 6.85. The van der Waals surface area contributed by atoms with Gasteiger partial charge in [0.25, 0.3) is 5.91 Å². The Morgan fingerprint density at radius 3 is 2.35 bits per heavy atom. The van der Waals surface area contributed by atoms with E-state index in [0.717, 1.165) is 0 Å². The second-order valence-electron chi connectivity index (χ2n) is 5.01. The number of ether oxygens (including phenoxy) is 2. The number of anilines is 1. The van der Waals surface area contributed by atoms with Crippen molar-refractivity contribution >= 4 is 23.2 Å². The van der Waals surface area contributed by atoms with Gasteiger partial charge in [-0.2, -0.15) is 0 Å². The summed E-state index contributed by atoms with van der Waals surface area (Å²) in [6, 6.07) is 8.27. The second-order valence-corrected chi connectivity index (χ2v) is 5.45. The van der Waals surface area contributed by atoms with Crippen molar-refractivity contribution in [3.05, 3.63) is 46.5 Å². The minimum absolute atomic E-state index is 0.0932. The summed E-state index contributed by atoms with van der Waals surface area (Å²) in [5, 5.41) is 16.6. The number of halogens is 1. The van der Waals surface area contributed by atoms with Crippen LogP contribution in [0.4, 0.5) is 5.69 Å². The van der Waals surface area contributed by atoms with Crippen LogP contribution in [0.2, 0.25) is 5.02 Å². The number of nitrogens with one attached hydrogen (secondary N) is 2. The van der Waals surface area contributed by atoms with E-state index in [1.807, 2.05) is 0 Å². The van der Waals surface area contributed by atoms with Crippen molar-refractivity contribution in [2.24, 2.45) is 0 Å². The van der Waals surface area contributed by atoms with Crippen molar-refractivity contribution in [1.29, 1.82) is 0 Å². The van der Waals surface area contributed by atoms with Crippen LogP contribution in [-0.4, -0.2) is 25.2 Å². The molecule has 0 aromatic heterocycles. The van der Waals surface area contributed by atoms with Gasteiger partial charge in [0, 0.05) is 10.6 Å². The Labute approximate surface area is 138 Å². The molecule has 0 radical (unpaired) electrons. The number of hydrogen-bond acceptors (Lipinski definition) is 5. The quantitative estimate of drug-likeness (QED) is 0.804. The molecule has 0 spiro atoms. The third-order valence-corrected chi connectivity index (χ3v) is 3.87. The zero-order chi connectivity index (χ0) is 16.6. The van der Waals surface area contributed by atoms with Crippen LogP contribution in [0.5, 0.6) is 17.2 Å². The lowest BCUT2D eigenvalue weighted by molar-refractivity contribution is 0.0935. The maximum Gasteiger partial charge on any atom is 0.255 e. The molecule has 2 aromatic rings. The Morgan fingerprint density at radius 2 is 1.74 bits per heavy atom. The van der Waals surface area contributed by atoms with Gasteiger partial charge in [0.05, 0.1) is 25.5 Å². The number of hydrogen-bond donors (Lipinski definition) is 3. The molecule has 0 saturated heterocycles. The lowest BCUT2D eigenvalue weighted by Gasteiger charge is -2.28. The number of fused-ring (bicyclic) bond motifs is 1. The molecule has 6 nitrogen and oxygen atoms in total. The Hall–Kier alpha value is -2.60. The van der Waals surface area contributed by atoms with E-state index in [1.54, 1.807) is 30.3 Å². The van der Waals surface area contributed by atoms with Crippen molar-refractivity contribution in [3.63, 3.8) is 0 Å². The summed E-state index contributed by atoms with van der Waals surface area (Å²) in [4.78, 5) is 12.3. The lowest BCUT2D eigenvalue weighted by atomic mass is 10.0. The Morgan fingerprint density at radius 1 is 1.09 bits per heavy atom. The second kappa shape index (κ2) is 5.89. The summed E-state index contributed by atoms with van der Waals surface area (Å²) in [6.45, 7) is 0. The number of phenols is 1. The van der Waals surface area contributed by atoms with Crippen LogP contribution in [0.25, 0.3) is 0 Å². The zero-order valence-corrected chi connectivity index (χ0v) is 13.3. The van der Waals surface area contributed by atoms with E-state index in [4.69, 9.17) is 21.1 Å². The van der Waals surface area contributed by atoms with Crippen LogP contribution < -0.4 is 20.1 Å². The number of rotatable bonds is 3. The highest BCUT2D eigenvalue weighted by Crippen LogP contribution is 2.39. The number of phenolic OH excluding ortho intramolecular Hbond substituents is 1. The van der Waals surface area contributed by atoms with E-state index in [-0.39, 0.29) is 23.2 Å². The normalized spacial score (nSPS) is 16.1. The van der Waals surface area contributed by atoms with E-state index in [2.05, 4.69) is 10.6 Å². The van der Waals surface area contributed by atoms with E-state index in [9.17, 15) is 9.90 Å². The van der Waals surface area contributed by atoms with Gasteiger partial charge in [-0.25, -0.2) is 0 Å². The predicted octanol–water partition coefficient (Wildman–Crippen LogP) is 2.92. The zero-order valence-electron chi connectivity index (χ0n) is 12.5. The van der Waals surface area contributed by atoms with Gasteiger partial charge >= 0.3 is 0 Å². The summed E-state index contributed by atoms with van der Waals surface area (Å²) in [7, 11) is 2.89. The van der Waals surface area contributed by atoms with Gasteiger partial charge < -0.3 is 25.2 Å². The highest BCUT2D eigenvalue weighted by Gasteiger charge is 2.26. The van der Waals surface area contributed by atoms with E-state index in [1.165, 1.54) is 14.2 Å². The van der Waals surface area contributed by atoms with E-state index >= 15 is 0 Å². The maximum absolute atomic E-state index is 12.3. The topological polar surface area (TPSA) is 79.8 Å². The van der Waals surface area contributed by atoms with E-state index < -0.39 is 6.17 Å². The molecule has 0 fully saturated rings. The van der Waals surface area contributed by atoms with Crippen LogP contribution in [0.1, 0.15) is 22.1 Å². The van der Waals surface area contributed by atoms with Crippen molar-refractivity contribution in [1.82, 2.24) is 5.32 Å². The first kappa shape index (κ1) is 15.3. The van der Waals surface area contributed by atoms with Gasteiger partial charge in [-0.15, -0.1) is 0 Å². The molecule has 1 aliphatic heterocycles. The molecular formula is C16H15ClN2O4. The molecule has 3 N–H and O–H groups in total. The molecule has 1 heterocycles. The first-order valence-corrected chi connectivity index (χ1v) is 7.23. The van der Waals surface area contributed by atoms with Crippen molar-refractivity contribution in [2.75, 3.05) is 19.5 Å². The molecule has 0 unspecified atom stereocenters. The lowest BCUT2D eigenvalue weighted by Crippen LogP contribution is -2.38. The molecule has 0 bridgehead atoms. The maximum atomic E-state index is 12.3. The van der Waals surface area contributed by atoms with Gasteiger partial charge in [-0.05, 0) is 30.3 Å². The molecule has 0 saturated carbocycles. The third kappa shape index (κ3) is 2.73. The van der Waals surface area contributed by atoms with Crippen LogP contribution in [0, 0.1) is 0 Å². The number of methoxy groups -OCH3 is 2. The number of carbonyl (C=O) groups excluding carboxylic acids is 1. The van der Waals surface area contributed by atoms with Crippen molar-refractivity contribution < 1.29 is 19.4 Å². The first-order chi connectivity index (χ1) is 11.0. The fourth-order valence-electron chi connectivity index (χ4n) is 2.48. The van der Waals surface area contributed by atoms with Gasteiger partial charge in [-0.3, -0.25) is 4.79 Å². The van der Waals surface area contributed by atoms with Gasteiger partial charge in [0.1, 0.15) is 6.17 Å². The molecule has 7 heteroatoms. The predicted molar refractivity (Wildman–Crippen MR) is 86.5 cm³/mol. The molecule has 23 heavy (non-hydrogen) atoms. The van der Waals surface area contributed by atoms with E-state index in [0.29, 0.717) is 21.8 Å². The van der Waals surface area contributed by atoms with Gasteiger partial charge in [0.15, 0.2) is 11.5 Å². The Kier molecular flexibility index (Phi) is 3.92. The summed E-state index contributed by atoms with van der Waals surface area (Å²) in [6.07, 6.45) is -0.503. The molecule has 120 valence electrons. The summed E-state index contributed by atoms with van der Waals surface area (Å²) in [5.41, 5.74) is 1.83.